The Balaban J connectivity index is 0.00000176. The van der Waals surface area contributed by atoms with E-state index in [0.29, 0.717) is 12.0 Å². The van der Waals surface area contributed by atoms with Crippen molar-refractivity contribution in [1.29, 1.82) is 0 Å². The molecular formula is C18H27ClN2O. The molecule has 1 amide bonds. The van der Waals surface area contributed by atoms with E-state index in [1.807, 2.05) is 0 Å². The van der Waals surface area contributed by atoms with E-state index in [1.54, 1.807) is 0 Å². The van der Waals surface area contributed by atoms with Gasteiger partial charge in [0.15, 0.2) is 0 Å². The highest BCUT2D eigenvalue weighted by Crippen LogP contribution is 2.28. The molecule has 0 bridgehead atoms. The summed E-state index contributed by atoms with van der Waals surface area (Å²) in [6.07, 6.45) is 7.01. The lowest BCUT2D eigenvalue weighted by molar-refractivity contribution is -0.125. The summed E-state index contributed by atoms with van der Waals surface area (Å²) in [7, 11) is 0. The first-order valence-electron chi connectivity index (χ1n) is 8.38. The van der Waals surface area contributed by atoms with Crippen molar-refractivity contribution < 1.29 is 4.79 Å². The molecule has 1 saturated heterocycles. The van der Waals surface area contributed by atoms with Gasteiger partial charge in [0.25, 0.3) is 0 Å². The Hall–Kier alpha value is -1.06. The standard InChI is InChI=1S/C18H26N2O.ClH/c21-18(16-10-11-19-13-16)20-17-9-5-4-8-15(17)12-14-6-2-1-3-7-14;/h1-3,6-7,15-17,19H,4-5,8-13H2,(H,20,21);1H. The van der Waals surface area contributed by atoms with Crippen LogP contribution in [-0.4, -0.2) is 25.0 Å². The molecule has 3 rings (SSSR count). The van der Waals surface area contributed by atoms with Gasteiger partial charge in [0.2, 0.25) is 5.91 Å². The summed E-state index contributed by atoms with van der Waals surface area (Å²) in [6.45, 7) is 1.83. The van der Waals surface area contributed by atoms with Crippen LogP contribution < -0.4 is 10.6 Å². The van der Waals surface area contributed by atoms with E-state index in [-0.39, 0.29) is 24.2 Å². The second-order valence-electron chi connectivity index (χ2n) is 6.54. The van der Waals surface area contributed by atoms with Gasteiger partial charge in [0.05, 0.1) is 5.92 Å². The molecule has 1 aromatic carbocycles. The molecule has 1 saturated carbocycles. The fraction of sp³-hybridized carbons (Fsp3) is 0.611. The quantitative estimate of drug-likeness (QED) is 0.895. The van der Waals surface area contributed by atoms with Crippen LogP contribution in [0.25, 0.3) is 0 Å². The zero-order valence-electron chi connectivity index (χ0n) is 13.1. The van der Waals surface area contributed by atoms with Crippen LogP contribution in [0.5, 0.6) is 0 Å². The van der Waals surface area contributed by atoms with Crippen molar-refractivity contribution in [3.63, 3.8) is 0 Å². The van der Waals surface area contributed by atoms with Gasteiger partial charge < -0.3 is 10.6 Å². The fourth-order valence-corrected chi connectivity index (χ4v) is 3.74. The topological polar surface area (TPSA) is 41.1 Å². The molecule has 3 atom stereocenters. The minimum absolute atomic E-state index is 0. The van der Waals surface area contributed by atoms with E-state index < -0.39 is 0 Å². The van der Waals surface area contributed by atoms with E-state index in [4.69, 9.17) is 0 Å². The summed E-state index contributed by atoms with van der Waals surface area (Å²) in [5, 5.41) is 6.63. The highest BCUT2D eigenvalue weighted by Gasteiger charge is 2.30. The Morgan fingerprint density at radius 3 is 2.64 bits per heavy atom. The average Bonchev–Trinajstić information content (AvgIpc) is 3.05. The zero-order chi connectivity index (χ0) is 14.5. The molecule has 1 aliphatic carbocycles. The fourth-order valence-electron chi connectivity index (χ4n) is 3.74. The molecule has 1 aromatic rings. The predicted octanol–water partition coefficient (Wildman–Crippen LogP) is 2.94. The molecule has 0 radical (unpaired) electrons. The first kappa shape index (κ1) is 17.3. The van der Waals surface area contributed by atoms with E-state index in [9.17, 15) is 4.79 Å². The smallest absolute Gasteiger partial charge is 0.224 e. The van der Waals surface area contributed by atoms with Gasteiger partial charge in [-0.2, -0.15) is 0 Å². The molecule has 1 aliphatic heterocycles. The lowest BCUT2D eigenvalue weighted by Gasteiger charge is -2.33. The highest BCUT2D eigenvalue weighted by molar-refractivity contribution is 5.85. The number of rotatable bonds is 4. The minimum Gasteiger partial charge on any atom is -0.353 e. The van der Waals surface area contributed by atoms with Crippen molar-refractivity contribution >= 4 is 18.3 Å². The first-order valence-corrected chi connectivity index (χ1v) is 8.38. The van der Waals surface area contributed by atoms with Crippen LogP contribution in [0, 0.1) is 11.8 Å². The van der Waals surface area contributed by atoms with Crippen molar-refractivity contribution in [2.24, 2.45) is 11.8 Å². The van der Waals surface area contributed by atoms with Crippen molar-refractivity contribution in [3.05, 3.63) is 35.9 Å². The second kappa shape index (κ2) is 8.54. The van der Waals surface area contributed by atoms with Gasteiger partial charge in [-0.3, -0.25) is 4.79 Å². The van der Waals surface area contributed by atoms with Gasteiger partial charge in [0.1, 0.15) is 0 Å². The predicted molar refractivity (Wildman–Crippen MR) is 92.3 cm³/mol. The molecule has 2 N–H and O–H groups in total. The third kappa shape index (κ3) is 4.47. The van der Waals surface area contributed by atoms with E-state index >= 15 is 0 Å². The van der Waals surface area contributed by atoms with Crippen LogP contribution in [0.4, 0.5) is 0 Å². The maximum Gasteiger partial charge on any atom is 0.224 e. The van der Waals surface area contributed by atoms with Gasteiger partial charge in [-0.15, -0.1) is 12.4 Å². The summed E-state index contributed by atoms with van der Waals surface area (Å²) in [4.78, 5) is 12.4. The van der Waals surface area contributed by atoms with E-state index in [2.05, 4.69) is 41.0 Å². The molecule has 3 unspecified atom stereocenters. The Labute approximate surface area is 139 Å². The molecule has 1 heterocycles. The zero-order valence-corrected chi connectivity index (χ0v) is 13.9. The van der Waals surface area contributed by atoms with E-state index in [0.717, 1.165) is 32.4 Å². The maximum absolute atomic E-state index is 12.4. The molecular weight excluding hydrogens is 296 g/mol. The molecule has 3 nitrogen and oxygen atoms in total. The average molecular weight is 323 g/mol. The summed E-state index contributed by atoms with van der Waals surface area (Å²) < 4.78 is 0. The van der Waals surface area contributed by atoms with Crippen LogP contribution in [0.15, 0.2) is 30.3 Å². The highest BCUT2D eigenvalue weighted by atomic mass is 35.5. The monoisotopic (exact) mass is 322 g/mol. The maximum atomic E-state index is 12.4. The number of halogens is 1. The van der Waals surface area contributed by atoms with Crippen molar-refractivity contribution in [2.45, 2.75) is 44.6 Å². The molecule has 22 heavy (non-hydrogen) atoms. The van der Waals surface area contributed by atoms with Gasteiger partial charge in [0, 0.05) is 12.6 Å². The van der Waals surface area contributed by atoms with Gasteiger partial charge in [-0.05, 0) is 43.7 Å². The minimum atomic E-state index is 0. The van der Waals surface area contributed by atoms with Crippen molar-refractivity contribution in [1.82, 2.24) is 10.6 Å². The van der Waals surface area contributed by atoms with Gasteiger partial charge in [-0.25, -0.2) is 0 Å². The summed E-state index contributed by atoms with van der Waals surface area (Å²) in [5.74, 6) is 1.05. The SMILES string of the molecule is Cl.O=C(NC1CCCCC1Cc1ccccc1)C1CCNC1. The Morgan fingerprint density at radius 1 is 1.14 bits per heavy atom. The third-order valence-corrected chi connectivity index (χ3v) is 5.01. The molecule has 122 valence electrons. The molecule has 2 aliphatic rings. The molecule has 2 fully saturated rings. The number of benzene rings is 1. The third-order valence-electron chi connectivity index (χ3n) is 5.01. The summed E-state index contributed by atoms with van der Waals surface area (Å²) in [6, 6.07) is 11.1. The van der Waals surface area contributed by atoms with Crippen LogP contribution in [0.2, 0.25) is 0 Å². The molecule has 0 spiro atoms. The molecule has 4 heteroatoms. The van der Waals surface area contributed by atoms with Gasteiger partial charge in [-0.1, -0.05) is 43.2 Å². The second-order valence-corrected chi connectivity index (χ2v) is 6.54. The Kier molecular flexibility index (Phi) is 6.71. The van der Waals surface area contributed by atoms with E-state index in [1.165, 1.54) is 24.8 Å². The van der Waals surface area contributed by atoms with Crippen LogP contribution in [0.1, 0.15) is 37.7 Å². The number of amides is 1. The normalized spacial score (nSPS) is 27.9. The van der Waals surface area contributed by atoms with Crippen LogP contribution in [0.3, 0.4) is 0 Å². The van der Waals surface area contributed by atoms with Crippen molar-refractivity contribution in [2.75, 3.05) is 13.1 Å². The Morgan fingerprint density at radius 2 is 1.91 bits per heavy atom. The summed E-state index contributed by atoms with van der Waals surface area (Å²) in [5.41, 5.74) is 1.39. The number of hydrogen-bond acceptors (Lipinski definition) is 2. The Bertz CT molecular complexity index is 459. The van der Waals surface area contributed by atoms with Crippen molar-refractivity contribution in [3.8, 4) is 0 Å². The first-order chi connectivity index (χ1) is 10.3. The van der Waals surface area contributed by atoms with Gasteiger partial charge >= 0.3 is 0 Å². The number of carbonyl (C=O) groups excluding carboxylic acids is 1. The lowest BCUT2D eigenvalue weighted by Crippen LogP contribution is -2.45. The summed E-state index contributed by atoms with van der Waals surface area (Å²) >= 11 is 0. The molecule has 0 aromatic heterocycles. The number of nitrogens with one attached hydrogen (secondary N) is 2. The largest absolute Gasteiger partial charge is 0.353 e. The van der Waals surface area contributed by atoms with Crippen LogP contribution >= 0.6 is 12.4 Å². The lowest BCUT2D eigenvalue weighted by atomic mass is 9.80. The number of carbonyl (C=O) groups is 1. The number of hydrogen-bond donors (Lipinski definition) is 2. The van der Waals surface area contributed by atoms with Crippen LogP contribution in [-0.2, 0) is 11.2 Å².